The van der Waals surface area contributed by atoms with Crippen LogP contribution in [0.25, 0.3) is 6.08 Å². The molecule has 28 heavy (non-hydrogen) atoms. The lowest BCUT2D eigenvalue weighted by molar-refractivity contribution is -0.112. The molecule has 1 N–H and O–H groups in total. The largest absolute Gasteiger partial charge is 0.493 e. The minimum absolute atomic E-state index is 0.0265. The Bertz CT molecular complexity index is 961. The van der Waals surface area contributed by atoms with Crippen molar-refractivity contribution in [3.05, 3.63) is 53.5 Å². The third-order valence-corrected chi connectivity index (χ3v) is 5.69. The van der Waals surface area contributed by atoms with Gasteiger partial charge in [-0.15, -0.1) is 0 Å². The number of methoxy groups -OCH3 is 1. The van der Waals surface area contributed by atoms with Gasteiger partial charge in [0.1, 0.15) is 11.6 Å². The molecule has 2 aromatic rings. The third-order valence-electron chi connectivity index (χ3n) is 3.64. The van der Waals surface area contributed by atoms with Gasteiger partial charge in [-0.25, -0.2) is 0 Å². The lowest BCUT2D eigenvalue weighted by Gasteiger charge is -2.13. The van der Waals surface area contributed by atoms with Crippen molar-refractivity contribution in [3.8, 4) is 17.6 Å². The molecular weight excluding hydrogens is 603 g/mol. The Morgan fingerprint density at radius 3 is 2.46 bits per heavy atom. The van der Waals surface area contributed by atoms with Crippen molar-refractivity contribution >= 4 is 72.1 Å². The van der Waals surface area contributed by atoms with Crippen LogP contribution < -0.4 is 14.8 Å². The minimum Gasteiger partial charge on any atom is -0.493 e. The number of hydrogen-bond acceptors (Lipinski definition) is 4. The number of aryl methyl sites for hydroxylation is 1. The highest BCUT2D eigenvalue weighted by atomic mass is 127. The predicted molar refractivity (Wildman–Crippen MR) is 126 cm³/mol. The van der Waals surface area contributed by atoms with Gasteiger partial charge in [0.25, 0.3) is 5.91 Å². The zero-order valence-electron chi connectivity index (χ0n) is 15.4. The van der Waals surface area contributed by atoms with Crippen molar-refractivity contribution in [2.24, 2.45) is 0 Å². The van der Waals surface area contributed by atoms with Crippen LogP contribution in [0.15, 0.2) is 38.8 Å². The lowest BCUT2D eigenvalue weighted by Crippen LogP contribution is -2.14. The summed E-state index contributed by atoms with van der Waals surface area (Å²) in [7, 11) is 1.55. The highest BCUT2D eigenvalue weighted by molar-refractivity contribution is 14.1. The maximum Gasteiger partial charge on any atom is 0.266 e. The summed E-state index contributed by atoms with van der Waals surface area (Å²) in [6.45, 7) is 4.35. The van der Waals surface area contributed by atoms with Gasteiger partial charge in [-0.2, -0.15) is 5.26 Å². The molecule has 0 radical (unpaired) electrons. The van der Waals surface area contributed by atoms with E-state index in [1.807, 2.05) is 38.1 Å². The van der Waals surface area contributed by atoms with Gasteiger partial charge < -0.3 is 14.8 Å². The quantitative estimate of drug-likeness (QED) is 0.242. The molecule has 0 aliphatic rings. The molecular formula is C20H17Br2IN2O3. The first kappa shape index (κ1) is 22.7. The smallest absolute Gasteiger partial charge is 0.266 e. The van der Waals surface area contributed by atoms with E-state index in [1.54, 1.807) is 13.2 Å². The second-order valence-electron chi connectivity index (χ2n) is 5.69. The Morgan fingerprint density at radius 1 is 1.29 bits per heavy atom. The Morgan fingerprint density at radius 2 is 1.93 bits per heavy atom. The normalized spacial score (nSPS) is 11.0. The molecule has 0 saturated heterocycles. The van der Waals surface area contributed by atoms with Crippen molar-refractivity contribution in [2.75, 3.05) is 19.0 Å². The Balaban J connectivity index is 2.37. The van der Waals surface area contributed by atoms with E-state index in [0.717, 1.165) is 18.1 Å². The van der Waals surface area contributed by atoms with Crippen LogP contribution in [0.4, 0.5) is 5.69 Å². The fraction of sp³-hybridized carbons (Fsp3) is 0.200. The number of carbonyl (C=O) groups is 1. The first-order valence-corrected chi connectivity index (χ1v) is 10.9. The van der Waals surface area contributed by atoms with Gasteiger partial charge in [0, 0.05) is 8.95 Å². The monoisotopic (exact) mass is 618 g/mol. The maximum absolute atomic E-state index is 12.6. The van der Waals surface area contributed by atoms with Crippen molar-refractivity contribution in [1.82, 2.24) is 0 Å². The van der Waals surface area contributed by atoms with Crippen molar-refractivity contribution in [1.29, 1.82) is 5.26 Å². The van der Waals surface area contributed by atoms with Gasteiger partial charge in [0.15, 0.2) is 11.5 Å². The summed E-state index contributed by atoms with van der Waals surface area (Å²) in [5, 5.41) is 12.3. The van der Waals surface area contributed by atoms with E-state index in [-0.39, 0.29) is 5.57 Å². The Kier molecular flexibility index (Phi) is 8.34. The van der Waals surface area contributed by atoms with Crippen LogP contribution in [-0.4, -0.2) is 19.6 Å². The number of amides is 1. The molecule has 0 saturated carbocycles. The van der Waals surface area contributed by atoms with Gasteiger partial charge in [0.05, 0.1) is 23.0 Å². The Hall–Kier alpha value is -1.57. The molecule has 0 aliphatic heterocycles. The molecule has 5 nitrogen and oxygen atoms in total. The van der Waals surface area contributed by atoms with Crippen molar-refractivity contribution < 1.29 is 14.3 Å². The second-order valence-corrected chi connectivity index (χ2v) is 8.57. The number of rotatable bonds is 6. The fourth-order valence-electron chi connectivity index (χ4n) is 2.42. The molecule has 0 bridgehead atoms. The number of nitrogens with zero attached hydrogens (tertiary/aromatic N) is 1. The summed E-state index contributed by atoms with van der Waals surface area (Å²) < 4.78 is 13.3. The molecule has 146 valence electrons. The molecule has 8 heteroatoms. The minimum atomic E-state index is -0.504. The zero-order chi connectivity index (χ0) is 20.8. The third kappa shape index (κ3) is 5.49. The highest BCUT2D eigenvalue weighted by Gasteiger charge is 2.16. The van der Waals surface area contributed by atoms with E-state index in [4.69, 9.17) is 9.47 Å². The number of benzene rings is 2. The van der Waals surface area contributed by atoms with Gasteiger partial charge >= 0.3 is 0 Å². The van der Waals surface area contributed by atoms with E-state index < -0.39 is 5.91 Å². The maximum atomic E-state index is 12.6. The summed E-state index contributed by atoms with van der Waals surface area (Å²) >= 11 is 9.01. The van der Waals surface area contributed by atoms with E-state index in [9.17, 15) is 10.1 Å². The van der Waals surface area contributed by atoms with Crippen LogP contribution in [0.3, 0.4) is 0 Å². The van der Waals surface area contributed by atoms with Gasteiger partial charge in [-0.1, -0.05) is 0 Å². The SMILES string of the molecule is CCOc1c(I)cc(/C=C(\C#N)C(=O)Nc2c(Br)cc(C)cc2Br)cc1OC. The van der Waals surface area contributed by atoms with Crippen LogP contribution in [0, 0.1) is 21.8 Å². The molecule has 1 amide bonds. The van der Waals surface area contributed by atoms with Crippen LogP contribution in [0.2, 0.25) is 0 Å². The predicted octanol–water partition coefficient (Wildman–Crippen LogP) is 6.08. The summed E-state index contributed by atoms with van der Waals surface area (Å²) in [5.41, 5.74) is 2.24. The van der Waals surface area contributed by atoms with Crippen molar-refractivity contribution in [2.45, 2.75) is 13.8 Å². The summed E-state index contributed by atoms with van der Waals surface area (Å²) in [6, 6.07) is 9.29. The van der Waals surface area contributed by atoms with Gasteiger partial charge in [0.2, 0.25) is 0 Å². The average Bonchev–Trinajstić information content (AvgIpc) is 2.64. The average molecular weight is 620 g/mol. The second kappa shape index (κ2) is 10.3. The summed E-state index contributed by atoms with van der Waals surface area (Å²) in [4.78, 5) is 12.6. The first-order valence-electron chi connectivity index (χ1n) is 8.19. The topological polar surface area (TPSA) is 71.3 Å². The number of nitriles is 1. The molecule has 0 unspecified atom stereocenters. The number of carbonyl (C=O) groups excluding carboxylic acids is 1. The van der Waals surface area contributed by atoms with Crippen LogP contribution in [0.5, 0.6) is 11.5 Å². The van der Waals surface area contributed by atoms with E-state index in [0.29, 0.717) is 29.4 Å². The molecule has 0 atom stereocenters. The highest BCUT2D eigenvalue weighted by Crippen LogP contribution is 2.35. The van der Waals surface area contributed by atoms with Gasteiger partial charge in [-0.3, -0.25) is 4.79 Å². The number of ether oxygens (including phenoxy) is 2. The van der Waals surface area contributed by atoms with Crippen LogP contribution in [-0.2, 0) is 4.79 Å². The van der Waals surface area contributed by atoms with E-state index >= 15 is 0 Å². The van der Waals surface area contributed by atoms with E-state index in [2.05, 4.69) is 59.8 Å². The lowest BCUT2D eigenvalue weighted by atomic mass is 10.1. The Labute approximate surface area is 194 Å². The fourth-order valence-corrected chi connectivity index (χ4v) is 4.82. The summed E-state index contributed by atoms with van der Waals surface area (Å²) in [5.74, 6) is 0.676. The molecule has 0 aromatic heterocycles. The van der Waals surface area contributed by atoms with Gasteiger partial charge in [-0.05, 0) is 110 Å². The van der Waals surface area contributed by atoms with Crippen LogP contribution in [0.1, 0.15) is 18.1 Å². The molecule has 0 fully saturated rings. The van der Waals surface area contributed by atoms with Crippen LogP contribution >= 0.6 is 54.5 Å². The molecule has 2 rings (SSSR count). The number of nitrogens with one attached hydrogen (secondary N) is 1. The number of halogens is 3. The molecule has 0 aliphatic carbocycles. The van der Waals surface area contributed by atoms with E-state index in [1.165, 1.54) is 6.08 Å². The molecule has 2 aromatic carbocycles. The standard InChI is InChI=1S/C20H17Br2IN2O3/c1-4-28-19-16(23)8-12(9-17(19)27-3)7-13(10-24)20(26)25-18-14(21)5-11(2)6-15(18)22/h5-9H,4H2,1-3H3,(H,25,26)/b13-7+. The number of anilines is 1. The molecule has 0 spiro atoms. The zero-order valence-corrected chi connectivity index (χ0v) is 20.7. The number of hydrogen-bond donors (Lipinski definition) is 1. The van der Waals surface area contributed by atoms with Crippen molar-refractivity contribution in [3.63, 3.8) is 0 Å². The first-order chi connectivity index (χ1) is 13.3. The molecule has 0 heterocycles. The summed E-state index contributed by atoms with van der Waals surface area (Å²) in [6.07, 6.45) is 1.52.